The topological polar surface area (TPSA) is 163 Å². The summed E-state index contributed by atoms with van der Waals surface area (Å²) in [5, 5.41) is 26.9. The summed E-state index contributed by atoms with van der Waals surface area (Å²) >= 11 is 0. The molecule has 3 N–H and O–H groups in total. The lowest BCUT2D eigenvalue weighted by Gasteiger charge is -2.60. The fourth-order valence-electron chi connectivity index (χ4n) is 8.50. The summed E-state index contributed by atoms with van der Waals surface area (Å²) in [6.07, 6.45) is -1.90. The summed E-state index contributed by atoms with van der Waals surface area (Å²) in [5.41, 5.74) is 3.79. The molecule has 4 aliphatic rings. The number of hydrogen-bond donors (Lipinski definition) is 3. The van der Waals surface area contributed by atoms with Gasteiger partial charge >= 0.3 is 18.1 Å². The zero-order valence-electron chi connectivity index (χ0n) is 30.5. The van der Waals surface area contributed by atoms with Gasteiger partial charge in [-0.2, -0.15) is 18.4 Å². The fourth-order valence-corrected chi connectivity index (χ4v) is 8.50. The number of nitriles is 1. The van der Waals surface area contributed by atoms with E-state index in [2.05, 4.69) is 16.3 Å². The number of amides is 2. The maximum absolute atomic E-state index is 13.3. The maximum Gasteiger partial charge on any atom is 0.471 e. The zero-order valence-corrected chi connectivity index (χ0v) is 30.5. The number of hydrogen-bond acceptors (Lipinski definition) is 11. The first-order chi connectivity index (χ1) is 25.1. The SMILES string of the molecule is CCCCCC(=O)Oc1c(OC)c(C)cc2c1[C@@H]1C3Cc4c(O)c(C)c5c(c4[C@H](CNC(=O)[C@H](C)NC(=O)C(F)(F)F)N3[C@@H](C#N)[C@H](C2)N1C)OCO5. The van der Waals surface area contributed by atoms with E-state index in [1.807, 2.05) is 31.9 Å². The predicted octanol–water partition coefficient (Wildman–Crippen LogP) is 4.19. The van der Waals surface area contributed by atoms with Gasteiger partial charge in [0.05, 0.1) is 25.3 Å². The summed E-state index contributed by atoms with van der Waals surface area (Å²) in [7, 11) is 3.41. The number of fused-ring (bicyclic) bond motifs is 9. The van der Waals surface area contributed by atoms with Crippen LogP contribution in [0.15, 0.2) is 6.07 Å². The molecule has 1 fully saturated rings. The van der Waals surface area contributed by atoms with Gasteiger partial charge < -0.3 is 34.7 Å². The minimum atomic E-state index is -5.19. The Morgan fingerprint density at radius 3 is 2.49 bits per heavy atom. The molecule has 4 heterocycles. The summed E-state index contributed by atoms with van der Waals surface area (Å²) < 4.78 is 62.7. The van der Waals surface area contributed by atoms with E-state index in [1.54, 1.807) is 12.2 Å². The van der Waals surface area contributed by atoms with Crippen LogP contribution < -0.4 is 29.6 Å². The number of aryl methyl sites for hydroxylation is 1. The second-order valence-corrected chi connectivity index (χ2v) is 14.1. The number of alkyl halides is 3. The number of phenolic OH excluding ortho intramolecular Hbond substituents is 1. The molecule has 286 valence electrons. The molecule has 4 aliphatic heterocycles. The number of rotatable bonds is 10. The average molecular weight is 744 g/mol. The molecule has 2 aromatic rings. The molecule has 2 amide bonds. The molecule has 0 aromatic heterocycles. The van der Waals surface area contributed by atoms with Gasteiger partial charge in [0.25, 0.3) is 0 Å². The molecule has 16 heteroatoms. The van der Waals surface area contributed by atoms with Crippen LogP contribution in [0.2, 0.25) is 0 Å². The van der Waals surface area contributed by atoms with E-state index in [-0.39, 0.29) is 38.0 Å². The van der Waals surface area contributed by atoms with Gasteiger partial charge in [0.2, 0.25) is 12.7 Å². The van der Waals surface area contributed by atoms with Crippen molar-refractivity contribution in [3.05, 3.63) is 39.4 Å². The van der Waals surface area contributed by atoms with E-state index in [1.165, 1.54) is 7.11 Å². The highest BCUT2D eigenvalue weighted by atomic mass is 19.4. The second-order valence-electron chi connectivity index (χ2n) is 14.1. The number of unbranched alkanes of at least 4 members (excludes halogenated alkanes) is 2. The maximum atomic E-state index is 13.3. The van der Waals surface area contributed by atoms with E-state index in [9.17, 15) is 37.9 Å². The number of piperazine rings is 1. The molecule has 0 aliphatic carbocycles. The smallest absolute Gasteiger partial charge is 0.471 e. The summed E-state index contributed by atoms with van der Waals surface area (Å²) in [4.78, 5) is 42.2. The molecule has 1 saturated heterocycles. The van der Waals surface area contributed by atoms with Crippen molar-refractivity contribution in [1.82, 2.24) is 20.4 Å². The first kappa shape index (κ1) is 38.0. The lowest BCUT2D eigenvalue weighted by Crippen LogP contribution is -2.69. The van der Waals surface area contributed by atoms with Crippen molar-refractivity contribution in [1.29, 1.82) is 5.26 Å². The first-order valence-corrected chi connectivity index (χ1v) is 17.7. The molecule has 0 spiro atoms. The van der Waals surface area contributed by atoms with Gasteiger partial charge in [-0.3, -0.25) is 24.2 Å². The molecule has 1 unspecified atom stereocenters. The van der Waals surface area contributed by atoms with Crippen molar-refractivity contribution in [2.75, 3.05) is 27.5 Å². The monoisotopic (exact) mass is 743 g/mol. The zero-order chi connectivity index (χ0) is 38.5. The number of nitrogens with zero attached hydrogens (tertiary/aromatic N) is 3. The van der Waals surface area contributed by atoms with Crippen molar-refractivity contribution in [3.8, 4) is 34.8 Å². The molecular weight excluding hydrogens is 699 g/mol. The third-order valence-corrected chi connectivity index (χ3v) is 10.9. The van der Waals surface area contributed by atoms with Crippen molar-refractivity contribution in [3.63, 3.8) is 0 Å². The summed E-state index contributed by atoms with van der Waals surface area (Å²) in [6, 6.07) is -0.161. The van der Waals surface area contributed by atoms with Gasteiger partial charge in [-0.05, 0) is 58.2 Å². The highest BCUT2D eigenvalue weighted by Crippen LogP contribution is 2.58. The van der Waals surface area contributed by atoms with Crippen LogP contribution in [0.25, 0.3) is 0 Å². The fraction of sp³-hybridized carbons (Fsp3) is 0.568. The number of halogens is 3. The Morgan fingerprint density at radius 1 is 1.11 bits per heavy atom. The standard InChI is InChI=1S/C37H44F3N5O8/c1-7-8-9-10-26(46)53-34-27-20(11-17(2)31(34)50-6)12-22-24(14-41)45-23(29(27)44(22)5)13-21-28(33-32(51-16-52-33)18(3)30(21)47)25(45)15-42-35(48)19(4)43-36(49)37(38,39)40/h11,19,22-25,29,47H,7-10,12-13,15-16H2,1-6H3,(H,42,48)(H,43,49)/t19-,22-,23?,24-,25-,29-/m0/s1. The average Bonchev–Trinajstić information content (AvgIpc) is 3.59. The molecule has 0 radical (unpaired) electrons. The quantitative estimate of drug-likeness (QED) is 0.182. The largest absolute Gasteiger partial charge is 0.507 e. The molecule has 13 nitrogen and oxygen atoms in total. The lowest BCUT2D eigenvalue weighted by atomic mass is 9.71. The van der Waals surface area contributed by atoms with Crippen LogP contribution in [0.4, 0.5) is 13.2 Å². The Balaban J connectivity index is 1.48. The molecule has 6 atom stereocenters. The number of esters is 1. The minimum absolute atomic E-state index is 0.0515. The van der Waals surface area contributed by atoms with E-state index >= 15 is 0 Å². The van der Waals surface area contributed by atoms with Gasteiger partial charge in [0, 0.05) is 47.3 Å². The second kappa shape index (κ2) is 14.6. The number of benzene rings is 2. The van der Waals surface area contributed by atoms with Crippen molar-refractivity contribution in [2.45, 2.75) is 109 Å². The Labute approximate surface area is 305 Å². The Bertz CT molecular complexity index is 1860. The molecule has 0 saturated carbocycles. The Hall–Kier alpha value is -4.75. The minimum Gasteiger partial charge on any atom is -0.507 e. The van der Waals surface area contributed by atoms with Crippen LogP contribution in [0.5, 0.6) is 28.7 Å². The third-order valence-electron chi connectivity index (χ3n) is 10.9. The van der Waals surface area contributed by atoms with Gasteiger partial charge in [-0.1, -0.05) is 25.8 Å². The van der Waals surface area contributed by atoms with E-state index in [0.29, 0.717) is 58.1 Å². The van der Waals surface area contributed by atoms with Crippen LogP contribution in [-0.4, -0.2) is 90.5 Å². The van der Waals surface area contributed by atoms with Crippen LogP contribution in [-0.2, 0) is 27.2 Å². The molecule has 6 rings (SSSR count). The lowest BCUT2D eigenvalue weighted by molar-refractivity contribution is -0.174. The third kappa shape index (κ3) is 6.58. The number of ether oxygens (including phenoxy) is 4. The number of nitrogens with one attached hydrogen (secondary N) is 2. The molecular formula is C37H44F3N5O8. The molecule has 2 bridgehead atoms. The Morgan fingerprint density at radius 2 is 1.83 bits per heavy atom. The Kier molecular flexibility index (Phi) is 10.5. The van der Waals surface area contributed by atoms with Gasteiger partial charge in [0.15, 0.2) is 23.0 Å². The van der Waals surface area contributed by atoms with Crippen molar-refractivity contribution < 1.29 is 51.6 Å². The first-order valence-electron chi connectivity index (χ1n) is 17.7. The van der Waals surface area contributed by atoms with Crippen LogP contribution in [0.3, 0.4) is 0 Å². The van der Waals surface area contributed by atoms with Gasteiger partial charge in [0.1, 0.15) is 17.8 Å². The van der Waals surface area contributed by atoms with Gasteiger partial charge in [-0.15, -0.1) is 0 Å². The molecule has 2 aromatic carbocycles. The van der Waals surface area contributed by atoms with Crippen LogP contribution >= 0.6 is 0 Å². The van der Waals surface area contributed by atoms with E-state index in [4.69, 9.17) is 18.9 Å². The number of likely N-dealkylation sites (N-methyl/N-ethyl adjacent to an activating group) is 1. The number of phenols is 1. The van der Waals surface area contributed by atoms with Gasteiger partial charge in [-0.25, -0.2) is 0 Å². The van der Waals surface area contributed by atoms with Crippen LogP contribution in [0.1, 0.15) is 85.0 Å². The predicted molar refractivity (Wildman–Crippen MR) is 183 cm³/mol. The van der Waals surface area contributed by atoms with E-state index in [0.717, 1.165) is 30.9 Å². The summed E-state index contributed by atoms with van der Waals surface area (Å²) in [5.74, 6) is -2.24. The van der Waals surface area contributed by atoms with Crippen molar-refractivity contribution in [2.24, 2.45) is 0 Å². The van der Waals surface area contributed by atoms with E-state index < -0.39 is 54.2 Å². The molecule has 53 heavy (non-hydrogen) atoms. The number of carbonyl (C=O) groups is 3. The highest BCUT2D eigenvalue weighted by Gasteiger charge is 2.57. The number of carbonyl (C=O) groups excluding carboxylic acids is 3. The highest BCUT2D eigenvalue weighted by molar-refractivity contribution is 5.89. The van der Waals surface area contributed by atoms with Crippen molar-refractivity contribution >= 4 is 17.8 Å². The summed E-state index contributed by atoms with van der Waals surface area (Å²) in [6.45, 7) is 6.38. The normalized spacial score (nSPS) is 23.5. The van der Waals surface area contributed by atoms with Crippen LogP contribution in [0, 0.1) is 25.2 Å². The number of methoxy groups -OCH3 is 1. The number of aromatic hydroxyl groups is 1.